The molecule has 1 aromatic carbocycles. The van der Waals surface area contributed by atoms with Crippen molar-refractivity contribution in [3.8, 4) is 0 Å². The van der Waals surface area contributed by atoms with E-state index in [1.54, 1.807) is 4.90 Å². The zero-order chi connectivity index (χ0) is 12.0. The van der Waals surface area contributed by atoms with E-state index < -0.39 is 0 Å². The van der Waals surface area contributed by atoms with Gasteiger partial charge in [-0.2, -0.15) is 0 Å². The molecule has 1 aliphatic heterocycles. The summed E-state index contributed by atoms with van der Waals surface area (Å²) < 4.78 is 1.86. The van der Waals surface area contributed by atoms with Crippen LogP contribution in [0.1, 0.15) is 19.4 Å². The summed E-state index contributed by atoms with van der Waals surface area (Å²) in [4.78, 5) is 13.8. The molecule has 0 aromatic heterocycles. The first-order valence-corrected chi connectivity index (χ1v) is 6.54. The highest BCUT2D eigenvalue weighted by atomic mass is 79.9. The van der Waals surface area contributed by atoms with Gasteiger partial charge >= 0.3 is 0 Å². The van der Waals surface area contributed by atoms with Gasteiger partial charge in [-0.25, -0.2) is 0 Å². The van der Waals surface area contributed by atoms with Gasteiger partial charge in [-0.15, -0.1) is 0 Å². The first kappa shape index (κ1) is 11.9. The van der Waals surface area contributed by atoms with Gasteiger partial charge in [-0.05, 0) is 41.9 Å². The fourth-order valence-corrected chi connectivity index (χ4v) is 3.31. The van der Waals surface area contributed by atoms with E-state index in [-0.39, 0.29) is 11.9 Å². The van der Waals surface area contributed by atoms with E-state index >= 15 is 0 Å². The Morgan fingerprint density at radius 1 is 1.31 bits per heavy atom. The van der Waals surface area contributed by atoms with Crippen molar-refractivity contribution in [3.05, 3.63) is 33.2 Å². The molecule has 1 aromatic rings. The van der Waals surface area contributed by atoms with E-state index in [1.807, 2.05) is 26.0 Å². The van der Waals surface area contributed by atoms with E-state index in [2.05, 4.69) is 38.4 Å². The molecule has 84 valence electrons. The normalized spacial score (nSPS) is 14.9. The van der Waals surface area contributed by atoms with Crippen LogP contribution < -0.4 is 4.90 Å². The van der Waals surface area contributed by atoms with E-state index in [1.165, 1.54) is 0 Å². The summed E-state index contributed by atoms with van der Waals surface area (Å²) in [6, 6.07) is 4.01. The number of fused-ring (bicyclic) bond motifs is 1. The molecule has 1 aliphatic rings. The fraction of sp³-hybridized carbons (Fsp3) is 0.250. The predicted molar refractivity (Wildman–Crippen MR) is 73.5 cm³/mol. The van der Waals surface area contributed by atoms with Crippen molar-refractivity contribution in [1.82, 2.24) is 0 Å². The van der Waals surface area contributed by atoms with Crippen molar-refractivity contribution >= 4 is 49.0 Å². The van der Waals surface area contributed by atoms with Gasteiger partial charge < -0.3 is 4.90 Å². The Morgan fingerprint density at radius 3 is 2.50 bits per heavy atom. The molecule has 0 N–H and O–H groups in total. The van der Waals surface area contributed by atoms with Gasteiger partial charge in [0.2, 0.25) is 0 Å². The highest BCUT2D eigenvalue weighted by Crippen LogP contribution is 2.43. The minimum absolute atomic E-state index is 0.0104. The van der Waals surface area contributed by atoms with E-state index in [9.17, 15) is 4.79 Å². The maximum absolute atomic E-state index is 12.1. The number of carbonyl (C=O) groups is 1. The molecule has 16 heavy (non-hydrogen) atoms. The third-order valence-electron chi connectivity index (χ3n) is 2.59. The molecule has 0 aliphatic carbocycles. The first-order chi connectivity index (χ1) is 7.43. The van der Waals surface area contributed by atoms with Crippen LogP contribution in [-0.4, -0.2) is 11.9 Å². The van der Waals surface area contributed by atoms with Gasteiger partial charge in [-0.1, -0.05) is 22.5 Å². The molecule has 0 saturated heterocycles. The second-order valence-corrected chi connectivity index (χ2v) is 5.80. The molecule has 2 nitrogen and oxygen atoms in total. The number of amides is 1. The fourth-order valence-electron chi connectivity index (χ4n) is 1.90. The van der Waals surface area contributed by atoms with E-state index in [0.29, 0.717) is 5.57 Å². The highest BCUT2D eigenvalue weighted by molar-refractivity contribution is 9.11. The summed E-state index contributed by atoms with van der Waals surface area (Å²) in [5.41, 5.74) is 2.39. The monoisotopic (exact) mass is 343 g/mol. The number of halogens is 2. The zero-order valence-corrected chi connectivity index (χ0v) is 12.2. The van der Waals surface area contributed by atoms with Crippen LogP contribution in [0.2, 0.25) is 0 Å². The molecule has 2 rings (SSSR count). The number of hydrogen-bond acceptors (Lipinski definition) is 1. The molecule has 0 spiro atoms. The summed E-state index contributed by atoms with van der Waals surface area (Å²) in [7, 11) is 0. The highest BCUT2D eigenvalue weighted by Gasteiger charge is 2.34. The van der Waals surface area contributed by atoms with Gasteiger partial charge in [0.15, 0.2) is 0 Å². The Bertz CT molecular complexity index is 494. The molecule has 0 saturated carbocycles. The minimum Gasteiger partial charge on any atom is -0.304 e. The van der Waals surface area contributed by atoms with Crippen molar-refractivity contribution in [1.29, 1.82) is 0 Å². The van der Waals surface area contributed by atoms with Gasteiger partial charge in [0.25, 0.3) is 5.91 Å². The Morgan fingerprint density at radius 2 is 1.94 bits per heavy atom. The quantitative estimate of drug-likeness (QED) is 0.705. The molecule has 4 heteroatoms. The average Bonchev–Trinajstić information content (AvgIpc) is 2.42. The van der Waals surface area contributed by atoms with Crippen LogP contribution >= 0.6 is 31.9 Å². The molecular weight excluding hydrogens is 334 g/mol. The second kappa shape index (κ2) is 4.00. The molecular formula is C12H11Br2NO. The lowest BCUT2D eigenvalue weighted by Gasteiger charge is -2.22. The first-order valence-electron chi connectivity index (χ1n) is 4.95. The average molecular weight is 345 g/mol. The lowest BCUT2D eigenvalue weighted by atomic mass is 10.1. The van der Waals surface area contributed by atoms with Gasteiger partial charge in [0.05, 0.1) is 5.69 Å². The predicted octanol–water partition coefficient (Wildman–Crippen LogP) is 3.98. The molecule has 0 fully saturated rings. The minimum atomic E-state index is -0.0104. The smallest absolute Gasteiger partial charge is 0.258 e. The van der Waals surface area contributed by atoms with Crippen LogP contribution in [0.15, 0.2) is 27.7 Å². The SMILES string of the molecule is C=C1C(=O)N(C(C)C)c2c(Br)cc(Br)cc21. The van der Waals surface area contributed by atoms with E-state index in [4.69, 9.17) is 0 Å². The molecule has 0 radical (unpaired) electrons. The largest absolute Gasteiger partial charge is 0.304 e. The van der Waals surface area contributed by atoms with Gasteiger partial charge in [0.1, 0.15) is 0 Å². The number of carbonyl (C=O) groups excluding carboxylic acids is 1. The van der Waals surface area contributed by atoms with Crippen molar-refractivity contribution in [2.45, 2.75) is 19.9 Å². The number of anilines is 1. The molecule has 0 bridgehead atoms. The van der Waals surface area contributed by atoms with Crippen LogP contribution in [0.25, 0.3) is 5.57 Å². The Balaban J connectivity index is 2.70. The standard InChI is InChI=1S/C12H11Br2NO/c1-6(2)15-11-9(7(3)12(15)16)4-8(13)5-10(11)14/h4-6H,3H2,1-2H3. The van der Waals surface area contributed by atoms with Gasteiger partial charge in [-0.3, -0.25) is 4.79 Å². The summed E-state index contributed by atoms with van der Waals surface area (Å²) in [6.07, 6.45) is 0. The molecule has 0 unspecified atom stereocenters. The molecule has 1 amide bonds. The van der Waals surface area contributed by atoms with Gasteiger partial charge in [0, 0.05) is 26.1 Å². The number of nitrogens with zero attached hydrogens (tertiary/aromatic N) is 1. The van der Waals surface area contributed by atoms with Crippen LogP contribution in [0.3, 0.4) is 0 Å². The Kier molecular flexibility index (Phi) is 2.97. The Labute approximate surface area is 112 Å². The summed E-state index contributed by atoms with van der Waals surface area (Å²) >= 11 is 6.92. The van der Waals surface area contributed by atoms with Crippen molar-refractivity contribution < 1.29 is 4.79 Å². The number of hydrogen-bond donors (Lipinski definition) is 0. The molecule has 0 atom stereocenters. The van der Waals surface area contributed by atoms with Crippen LogP contribution in [0.5, 0.6) is 0 Å². The second-order valence-electron chi connectivity index (χ2n) is 4.03. The summed E-state index contributed by atoms with van der Waals surface area (Å²) in [5, 5.41) is 0. The lowest BCUT2D eigenvalue weighted by molar-refractivity contribution is -0.113. The number of rotatable bonds is 1. The third-order valence-corrected chi connectivity index (χ3v) is 3.65. The topological polar surface area (TPSA) is 20.3 Å². The van der Waals surface area contributed by atoms with Crippen molar-refractivity contribution in [2.75, 3.05) is 4.90 Å². The Hall–Kier alpha value is -0.610. The number of benzene rings is 1. The van der Waals surface area contributed by atoms with E-state index in [0.717, 1.165) is 20.2 Å². The maximum Gasteiger partial charge on any atom is 0.258 e. The lowest BCUT2D eigenvalue weighted by Crippen LogP contribution is -2.33. The molecule has 1 heterocycles. The van der Waals surface area contributed by atoms with Crippen molar-refractivity contribution in [2.24, 2.45) is 0 Å². The van der Waals surface area contributed by atoms with Crippen LogP contribution in [0.4, 0.5) is 5.69 Å². The maximum atomic E-state index is 12.1. The third kappa shape index (κ3) is 1.64. The van der Waals surface area contributed by atoms with Crippen LogP contribution in [0, 0.1) is 0 Å². The summed E-state index contributed by atoms with van der Waals surface area (Å²) in [5.74, 6) is -0.0104. The van der Waals surface area contributed by atoms with Crippen molar-refractivity contribution in [3.63, 3.8) is 0 Å². The zero-order valence-electron chi connectivity index (χ0n) is 9.05. The summed E-state index contributed by atoms with van der Waals surface area (Å²) in [6.45, 7) is 7.85. The van der Waals surface area contributed by atoms with Crippen LogP contribution in [-0.2, 0) is 4.79 Å².